The van der Waals surface area contributed by atoms with Crippen molar-refractivity contribution in [1.82, 2.24) is 14.8 Å². The van der Waals surface area contributed by atoms with E-state index in [1.165, 1.54) is 55.2 Å². The predicted octanol–water partition coefficient (Wildman–Crippen LogP) is 4.62. The minimum Gasteiger partial charge on any atom is -0.489 e. The Morgan fingerprint density at radius 1 is 1.17 bits per heavy atom. The van der Waals surface area contributed by atoms with Crippen molar-refractivity contribution in [2.24, 2.45) is 5.92 Å². The van der Waals surface area contributed by atoms with Crippen molar-refractivity contribution in [3.8, 4) is 11.4 Å². The quantitative estimate of drug-likeness (QED) is 0.662. The number of nitrogens with one attached hydrogen (secondary N) is 1. The molecule has 4 rings (SSSR count). The number of anilines is 1. The molecule has 2 heterocycles. The van der Waals surface area contributed by atoms with Crippen LogP contribution in [0.2, 0.25) is 0 Å². The molecule has 0 unspecified atom stereocenters. The lowest BCUT2D eigenvalue weighted by Gasteiger charge is -2.22. The summed E-state index contributed by atoms with van der Waals surface area (Å²) in [6, 6.07) is 9.84. The molecule has 29 heavy (non-hydrogen) atoms. The Morgan fingerprint density at radius 2 is 2.00 bits per heavy atom. The van der Waals surface area contributed by atoms with Crippen LogP contribution in [0, 0.1) is 11.7 Å². The van der Waals surface area contributed by atoms with Gasteiger partial charge in [0.05, 0.1) is 18.4 Å². The minimum atomic E-state index is -0.411. The van der Waals surface area contributed by atoms with Gasteiger partial charge < -0.3 is 10.1 Å². The number of ether oxygens (including phenoxy) is 1. The lowest BCUT2D eigenvalue weighted by Crippen LogP contribution is -2.17. The van der Waals surface area contributed by atoms with E-state index in [9.17, 15) is 9.18 Å². The number of pyridine rings is 1. The van der Waals surface area contributed by atoms with Gasteiger partial charge in [0.1, 0.15) is 11.5 Å². The zero-order valence-electron chi connectivity index (χ0n) is 16.1. The Hall–Kier alpha value is -3.22. The molecule has 1 fully saturated rings. The van der Waals surface area contributed by atoms with Gasteiger partial charge in [-0.25, -0.2) is 14.1 Å². The molecule has 3 aromatic rings. The lowest BCUT2D eigenvalue weighted by molar-refractivity contribution is 0.102. The third-order valence-corrected chi connectivity index (χ3v) is 5.15. The summed E-state index contributed by atoms with van der Waals surface area (Å²) in [4.78, 5) is 16.9. The number of aromatic nitrogens is 3. The second-order valence-corrected chi connectivity index (χ2v) is 7.24. The first-order valence-electron chi connectivity index (χ1n) is 9.89. The molecule has 2 aromatic heterocycles. The number of amides is 1. The van der Waals surface area contributed by atoms with Crippen LogP contribution in [0.3, 0.4) is 0 Å². The van der Waals surface area contributed by atoms with Crippen molar-refractivity contribution in [3.63, 3.8) is 0 Å². The van der Waals surface area contributed by atoms with Gasteiger partial charge >= 0.3 is 0 Å². The molecule has 0 saturated heterocycles. The average molecular weight is 394 g/mol. The van der Waals surface area contributed by atoms with Crippen LogP contribution in [0.25, 0.3) is 5.69 Å². The summed E-state index contributed by atoms with van der Waals surface area (Å²) in [5, 5.41) is 6.87. The first kappa shape index (κ1) is 19.1. The summed E-state index contributed by atoms with van der Waals surface area (Å²) in [5.41, 5.74) is 0.582. The average Bonchev–Trinajstić information content (AvgIpc) is 3.24. The van der Waals surface area contributed by atoms with E-state index in [1.807, 2.05) is 0 Å². The van der Waals surface area contributed by atoms with Gasteiger partial charge in [-0.1, -0.05) is 31.4 Å². The number of benzene rings is 1. The number of nitrogens with zero attached hydrogens (tertiary/aromatic N) is 3. The van der Waals surface area contributed by atoms with E-state index in [-0.39, 0.29) is 11.6 Å². The Kier molecular flexibility index (Phi) is 5.84. The SMILES string of the molecule is O=C(Nc1ncccc1OCC1CCCCC1)c1cnn(-c2ccccc2F)c1. The molecule has 0 atom stereocenters. The van der Waals surface area contributed by atoms with Gasteiger partial charge in [0, 0.05) is 12.4 Å². The highest BCUT2D eigenvalue weighted by molar-refractivity contribution is 6.04. The number of carbonyl (C=O) groups is 1. The molecule has 1 aliphatic rings. The largest absolute Gasteiger partial charge is 0.489 e. The fourth-order valence-corrected chi connectivity index (χ4v) is 3.55. The summed E-state index contributed by atoms with van der Waals surface area (Å²) < 4.78 is 21.2. The number of hydrogen-bond acceptors (Lipinski definition) is 4. The van der Waals surface area contributed by atoms with E-state index < -0.39 is 5.82 Å². The van der Waals surface area contributed by atoms with Crippen molar-refractivity contribution in [2.45, 2.75) is 32.1 Å². The van der Waals surface area contributed by atoms with Crippen LogP contribution in [0.4, 0.5) is 10.2 Å². The van der Waals surface area contributed by atoms with Gasteiger partial charge in [-0.2, -0.15) is 5.10 Å². The zero-order valence-corrected chi connectivity index (χ0v) is 16.1. The number of carbonyl (C=O) groups excluding carboxylic acids is 1. The second kappa shape index (κ2) is 8.86. The highest BCUT2D eigenvalue weighted by Crippen LogP contribution is 2.27. The van der Waals surface area contributed by atoms with Crippen molar-refractivity contribution in [3.05, 3.63) is 66.4 Å². The normalized spacial score (nSPS) is 14.5. The van der Waals surface area contributed by atoms with Crippen LogP contribution >= 0.6 is 0 Å². The van der Waals surface area contributed by atoms with Crippen molar-refractivity contribution in [1.29, 1.82) is 0 Å². The topological polar surface area (TPSA) is 69.0 Å². The van der Waals surface area contributed by atoms with Gasteiger partial charge in [0.2, 0.25) is 0 Å². The summed E-state index contributed by atoms with van der Waals surface area (Å²) in [5.74, 6) is 0.672. The fourth-order valence-electron chi connectivity index (χ4n) is 3.55. The summed E-state index contributed by atoms with van der Waals surface area (Å²) in [6.45, 7) is 0.625. The Balaban J connectivity index is 1.44. The van der Waals surface area contributed by atoms with Crippen LogP contribution < -0.4 is 10.1 Å². The standard InChI is InChI=1S/C22H23FN4O2/c23-18-9-4-5-10-19(18)27-14-17(13-25-27)22(28)26-21-20(11-6-12-24-21)29-15-16-7-2-1-3-8-16/h4-6,9-14,16H,1-3,7-8,15H2,(H,24,26,28). The van der Waals surface area contributed by atoms with Crippen LogP contribution in [0.1, 0.15) is 42.5 Å². The number of rotatable bonds is 6. The van der Waals surface area contributed by atoms with Crippen molar-refractivity contribution in [2.75, 3.05) is 11.9 Å². The maximum Gasteiger partial charge on any atom is 0.260 e. The summed E-state index contributed by atoms with van der Waals surface area (Å²) in [7, 11) is 0. The van der Waals surface area contributed by atoms with Crippen molar-refractivity contribution < 1.29 is 13.9 Å². The van der Waals surface area contributed by atoms with E-state index >= 15 is 0 Å². The number of para-hydroxylation sites is 1. The van der Waals surface area contributed by atoms with E-state index in [1.54, 1.807) is 36.5 Å². The van der Waals surface area contributed by atoms with Crippen molar-refractivity contribution >= 4 is 11.7 Å². The molecule has 1 saturated carbocycles. The third-order valence-electron chi connectivity index (χ3n) is 5.15. The Labute approximate surface area is 168 Å². The molecule has 7 heteroatoms. The first-order valence-corrected chi connectivity index (χ1v) is 9.89. The van der Waals surface area contributed by atoms with E-state index in [0.717, 1.165) is 0 Å². The molecule has 0 spiro atoms. The first-order chi connectivity index (χ1) is 14.2. The monoisotopic (exact) mass is 394 g/mol. The van der Waals surface area contributed by atoms with Crippen LogP contribution in [-0.4, -0.2) is 27.3 Å². The molecular weight excluding hydrogens is 371 g/mol. The van der Waals surface area contributed by atoms with Gasteiger partial charge in [-0.3, -0.25) is 4.79 Å². The van der Waals surface area contributed by atoms with E-state index in [2.05, 4.69) is 15.4 Å². The fraction of sp³-hybridized carbons (Fsp3) is 0.318. The van der Waals surface area contributed by atoms with E-state index in [4.69, 9.17) is 4.74 Å². The van der Waals surface area contributed by atoms with Gasteiger partial charge in [-0.15, -0.1) is 0 Å². The third kappa shape index (κ3) is 4.62. The lowest BCUT2D eigenvalue weighted by atomic mass is 9.90. The van der Waals surface area contributed by atoms with Gasteiger partial charge in [0.25, 0.3) is 5.91 Å². The maximum absolute atomic E-state index is 13.9. The molecule has 0 bridgehead atoms. The highest BCUT2D eigenvalue weighted by Gasteiger charge is 2.17. The number of halogens is 1. The number of hydrogen-bond donors (Lipinski definition) is 1. The van der Waals surface area contributed by atoms with Crippen LogP contribution in [-0.2, 0) is 0 Å². The molecule has 1 aromatic carbocycles. The molecule has 0 aliphatic heterocycles. The van der Waals surface area contributed by atoms with Crippen LogP contribution in [0.15, 0.2) is 55.0 Å². The Bertz CT molecular complexity index is 982. The minimum absolute atomic E-state index is 0.279. The van der Waals surface area contributed by atoms with Gasteiger partial charge in [-0.05, 0) is 43.0 Å². The zero-order chi connectivity index (χ0) is 20.1. The molecule has 150 valence electrons. The highest BCUT2D eigenvalue weighted by atomic mass is 19.1. The van der Waals surface area contributed by atoms with Gasteiger partial charge in [0.15, 0.2) is 11.6 Å². The summed E-state index contributed by atoms with van der Waals surface area (Å²) >= 11 is 0. The maximum atomic E-state index is 13.9. The molecule has 1 aliphatic carbocycles. The van der Waals surface area contributed by atoms with Crippen LogP contribution in [0.5, 0.6) is 5.75 Å². The molecule has 0 radical (unpaired) electrons. The molecule has 6 nitrogen and oxygen atoms in total. The Morgan fingerprint density at radius 3 is 2.83 bits per heavy atom. The van der Waals surface area contributed by atoms with E-state index in [0.29, 0.717) is 29.7 Å². The smallest absolute Gasteiger partial charge is 0.260 e. The molecule has 1 amide bonds. The molecule has 1 N–H and O–H groups in total. The molecular formula is C22H23FN4O2. The summed E-state index contributed by atoms with van der Waals surface area (Å²) in [6.07, 6.45) is 10.6. The second-order valence-electron chi connectivity index (χ2n) is 7.24. The predicted molar refractivity (Wildman–Crippen MR) is 108 cm³/mol.